The first-order chi connectivity index (χ1) is 12.5. The minimum atomic E-state index is 0.411. The van der Waals surface area contributed by atoms with Crippen LogP contribution in [0.25, 0.3) is 33.5 Å². The number of anilines is 2. The fourth-order valence-electron chi connectivity index (χ4n) is 3.06. The molecule has 0 unspecified atom stereocenters. The molecule has 8 nitrogen and oxygen atoms in total. The van der Waals surface area contributed by atoms with Crippen molar-refractivity contribution in [2.75, 3.05) is 18.6 Å². The van der Waals surface area contributed by atoms with E-state index in [9.17, 15) is 0 Å². The molecule has 3 aromatic heterocycles. The Hall–Kier alpha value is -3.55. The summed E-state index contributed by atoms with van der Waals surface area (Å²) >= 11 is 0. The molecule has 0 aliphatic carbocycles. The second-order valence-electron chi connectivity index (χ2n) is 6.10. The molecule has 4 aromatic rings. The van der Waals surface area contributed by atoms with Crippen molar-refractivity contribution in [3.05, 3.63) is 36.2 Å². The number of hydrogen-bond acceptors (Lipinski definition) is 6. The van der Waals surface area contributed by atoms with Gasteiger partial charge in [-0.2, -0.15) is 0 Å². The van der Waals surface area contributed by atoms with Crippen LogP contribution in [-0.2, 0) is 7.05 Å². The zero-order chi connectivity index (χ0) is 18.4. The van der Waals surface area contributed by atoms with E-state index in [1.165, 1.54) is 0 Å². The summed E-state index contributed by atoms with van der Waals surface area (Å²) in [5.74, 6) is 1.32. The molecule has 132 valence electrons. The standard InChI is InChI=1S/C18H19N7O/c1-9-14(11-7-21-15-10(11)5-4-6-13(15)19)22-17(23-16(9)20)12-8-25(2)24-18(12)26-3/h4-8,21H,19H2,1-3H3,(H2,20,22,23). The highest BCUT2D eigenvalue weighted by Crippen LogP contribution is 2.35. The first-order valence-electron chi connectivity index (χ1n) is 8.07. The third kappa shape index (κ3) is 2.34. The maximum absolute atomic E-state index is 6.18. The predicted octanol–water partition coefficient (Wildman–Crippen LogP) is 2.51. The number of aromatic amines is 1. The van der Waals surface area contributed by atoms with Crippen LogP contribution < -0.4 is 16.2 Å². The van der Waals surface area contributed by atoms with Gasteiger partial charge in [0.05, 0.1) is 24.0 Å². The molecule has 5 N–H and O–H groups in total. The molecule has 0 aliphatic heterocycles. The van der Waals surface area contributed by atoms with Gasteiger partial charge >= 0.3 is 0 Å². The van der Waals surface area contributed by atoms with Crippen molar-refractivity contribution < 1.29 is 4.74 Å². The molecule has 0 spiro atoms. The summed E-state index contributed by atoms with van der Waals surface area (Å²) in [5, 5.41) is 5.24. The predicted molar refractivity (Wildman–Crippen MR) is 102 cm³/mol. The van der Waals surface area contributed by atoms with Gasteiger partial charge in [0, 0.05) is 36.0 Å². The highest BCUT2D eigenvalue weighted by atomic mass is 16.5. The average molecular weight is 349 g/mol. The van der Waals surface area contributed by atoms with Crippen LogP contribution in [0.5, 0.6) is 5.88 Å². The number of ether oxygens (including phenoxy) is 1. The van der Waals surface area contributed by atoms with Crippen LogP contribution in [0.4, 0.5) is 11.5 Å². The molecule has 0 aliphatic rings. The largest absolute Gasteiger partial charge is 0.479 e. The third-order valence-corrected chi connectivity index (χ3v) is 4.42. The molecule has 1 aromatic carbocycles. The summed E-state index contributed by atoms with van der Waals surface area (Å²) in [4.78, 5) is 12.4. The summed E-state index contributed by atoms with van der Waals surface area (Å²) in [7, 11) is 3.37. The van der Waals surface area contributed by atoms with E-state index in [0.717, 1.165) is 27.7 Å². The van der Waals surface area contributed by atoms with Crippen LogP contribution >= 0.6 is 0 Å². The van der Waals surface area contributed by atoms with Gasteiger partial charge in [-0.3, -0.25) is 4.68 Å². The summed E-state index contributed by atoms with van der Waals surface area (Å²) < 4.78 is 6.98. The Labute approximate surface area is 149 Å². The number of para-hydroxylation sites is 1. The van der Waals surface area contributed by atoms with Crippen LogP contribution in [-0.4, -0.2) is 31.8 Å². The maximum atomic E-state index is 6.18. The molecule has 3 heterocycles. The van der Waals surface area contributed by atoms with E-state index in [0.29, 0.717) is 28.8 Å². The second kappa shape index (κ2) is 5.76. The fraction of sp³-hybridized carbons (Fsp3) is 0.167. The molecule has 8 heteroatoms. The van der Waals surface area contributed by atoms with Crippen molar-refractivity contribution in [3.8, 4) is 28.5 Å². The van der Waals surface area contributed by atoms with Gasteiger partial charge in [-0.25, -0.2) is 9.97 Å². The first-order valence-corrected chi connectivity index (χ1v) is 8.07. The molecule has 0 bridgehead atoms. The average Bonchev–Trinajstić information content (AvgIpc) is 3.21. The third-order valence-electron chi connectivity index (χ3n) is 4.42. The lowest BCUT2D eigenvalue weighted by Crippen LogP contribution is -2.02. The SMILES string of the molecule is COc1nn(C)cc1-c1nc(N)c(C)c(-c2c[nH]c3c(N)cccc23)n1. The minimum Gasteiger partial charge on any atom is -0.479 e. The molecule has 0 amide bonds. The summed E-state index contributed by atoms with van der Waals surface area (Å²) in [6.45, 7) is 1.90. The molecule has 0 saturated carbocycles. The number of aromatic nitrogens is 5. The zero-order valence-corrected chi connectivity index (χ0v) is 14.7. The number of nitrogens with two attached hydrogens (primary N) is 2. The Morgan fingerprint density at radius 2 is 1.96 bits per heavy atom. The Bertz CT molecular complexity index is 1130. The highest BCUT2D eigenvalue weighted by Gasteiger charge is 2.19. The lowest BCUT2D eigenvalue weighted by molar-refractivity contribution is 0.393. The summed E-state index contributed by atoms with van der Waals surface area (Å²) in [5.41, 5.74) is 17.0. The summed E-state index contributed by atoms with van der Waals surface area (Å²) in [6, 6.07) is 5.77. The van der Waals surface area contributed by atoms with Crippen molar-refractivity contribution >= 4 is 22.4 Å². The van der Waals surface area contributed by atoms with Gasteiger partial charge in [-0.1, -0.05) is 12.1 Å². The number of hydrogen-bond donors (Lipinski definition) is 3. The zero-order valence-electron chi connectivity index (χ0n) is 14.7. The molecule has 26 heavy (non-hydrogen) atoms. The van der Waals surface area contributed by atoms with Gasteiger partial charge < -0.3 is 21.2 Å². The lowest BCUT2D eigenvalue weighted by atomic mass is 10.1. The fourth-order valence-corrected chi connectivity index (χ4v) is 3.06. The van der Waals surface area contributed by atoms with Crippen molar-refractivity contribution in [1.82, 2.24) is 24.7 Å². The first kappa shape index (κ1) is 15.9. The van der Waals surface area contributed by atoms with E-state index in [1.54, 1.807) is 18.0 Å². The number of nitrogens with one attached hydrogen (secondary N) is 1. The van der Waals surface area contributed by atoms with E-state index < -0.39 is 0 Å². The molecule has 0 atom stereocenters. The van der Waals surface area contributed by atoms with E-state index in [-0.39, 0.29) is 0 Å². The van der Waals surface area contributed by atoms with Gasteiger partial charge in [0.1, 0.15) is 11.4 Å². The summed E-state index contributed by atoms with van der Waals surface area (Å²) in [6.07, 6.45) is 3.69. The Morgan fingerprint density at radius 3 is 2.73 bits per heavy atom. The van der Waals surface area contributed by atoms with Crippen LogP contribution in [0, 0.1) is 6.92 Å². The van der Waals surface area contributed by atoms with Crippen LogP contribution in [0.2, 0.25) is 0 Å². The molecular formula is C18H19N7O. The number of nitrogen functional groups attached to an aromatic ring is 2. The number of H-pyrrole nitrogens is 1. The monoisotopic (exact) mass is 349 g/mol. The molecule has 4 rings (SSSR count). The van der Waals surface area contributed by atoms with Crippen LogP contribution in [0.15, 0.2) is 30.6 Å². The van der Waals surface area contributed by atoms with Gasteiger partial charge in [-0.15, -0.1) is 5.10 Å². The van der Waals surface area contributed by atoms with Crippen molar-refractivity contribution in [2.24, 2.45) is 7.05 Å². The Kier molecular flexibility index (Phi) is 3.54. The lowest BCUT2D eigenvalue weighted by Gasteiger charge is -2.09. The Balaban J connectivity index is 1.97. The van der Waals surface area contributed by atoms with Crippen LogP contribution in [0.3, 0.4) is 0 Å². The van der Waals surface area contributed by atoms with Gasteiger partial charge in [0.15, 0.2) is 5.82 Å². The normalized spacial score (nSPS) is 11.2. The number of methoxy groups -OCH3 is 1. The van der Waals surface area contributed by atoms with E-state index in [4.69, 9.17) is 21.2 Å². The van der Waals surface area contributed by atoms with E-state index in [1.807, 2.05) is 38.4 Å². The minimum absolute atomic E-state index is 0.411. The topological polar surface area (TPSA) is 121 Å². The molecular weight excluding hydrogens is 330 g/mol. The molecule has 0 saturated heterocycles. The highest BCUT2D eigenvalue weighted by molar-refractivity contribution is 6.01. The molecule has 0 radical (unpaired) electrons. The van der Waals surface area contributed by atoms with Crippen LogP contribution in [0.1, 0.15) is 5.56 Å². The van der Waals surface area contributed by atoms with Gasteiger partial charge in [0.25, 0.3) is 0 Å². The van der Waals surface area contributed by atoms with Gasteiger partial charge in [0.2, 0.25) is 5.88 Å². The smallest absolute Gasteiger partial charge is 0.243 e. The number of nitrogens with zero attached hydrogens (tertiary/aromatic N) is 4. The number of benzene rings is 1. The molecule has 0 fully saturated rings. The number of rotatable bonds is 3. The maximum Gasteiger partial charge on any atom is 0.243 e. The quantitative estimate of drug-likeness (QED) is 0.489. The van der Waals surface area contributed by atoms with E-state index >= 15 is 0 Å². The number of fused-ring (bicyclic) bond motifs is 1. The second-order valence-corrected chi connectivity index (χ2v) is 6.10. The van der Waals surface area contributed by atoms with Crippen molar-refractivity contribution in [3.63, 3.8) is 0 Å². The Morgan fingerprint density at radius 1 is 1.15 bits per heavy atom. The number of aryl methyl sites for hydroxylation is 1. The van der Waals surface area contributed by atoms with Gasteiger partial charge in [-0.05, 0) is 13.0 Å². The van der Waals surface area contributed by atoms with Crippen molar-refractivity contribution in [1.29, 1.82) is 0 Å². The van der Waals surface area contributed by atoms with Crippen molar-refractivity contribution in [2.45, 2.75) is 6.92 Å². The van der Waals surface area contributed by atoms with E-state index in [2.05, 4.69) is 15.1 Å².